The number of thiophene rings is 2. The molecule has 0 bridgehead atoms. The molecule has 3 aromatic carbocycles. The second-order valence-corrected chi connectivity index (χ2v) is 9.82. The van der Waals surface area contributed by atoms with E-state index in [2.05, 4.69) is 18.2 Å². The Balaban J connectivity index is 1.55. The van der Waals surface area contributed by atoms with E-state index in [1.165, 1.54) is 6.08 Å². The first-order valence-corrected chi connectivity index (χ1v) is 12.5. The maximum absolute atomic E-state index is 12.9. The van der Waals surface area contributed by atoms with Crippen LogP contribution in [-0.4, -0.2) is 30.6 Å². The van der Waals surface area contributed by atoms with Crippen molar-refractivity contribution in [3.63, 3.8) is 0 Å². The molecule has 0 fully saturated rings. The largest absolute Gasteiger partial charge is 0.496 e. The number of ketones is 1. The lowest BCUT2D eigenvalue weighted by atomic mass is 10.0. The third kappa shape index (κ3) is 4.82. The van der Waals surface area contributed by atoms with Crippen LogP contribution in [0.5, 0.6) is 11.5 Å². The van der Waals surface area contributed by atoms with E-state index in [9.17, 15) is 9.59 Å². The van der Waals surface area contributed by atoms with Crippen molar-refractivity contribution in [1.29, 1.82) is 0 Å². The molecule has 0 saturated carbocycles. The molecule has 0 aliphatic carbocycles. The molecule has 2 aromatic heterocycles. The second-order valence-electron chi connectivity index (χ2n) is 7.79. The van der Waals surface area contributed by atoms with Gasteiger partial charge in [0.1, 0.15) is 11.5 Å². The standard InChI is InChI=1S/C28H20O5S2/c1-32-24-15-23(33-16-28(30)31)19(12-21(24)27-14-20-4-2-3-5-25(20)35-27)8-9-22(29)18-7-6-17-10-11-34-26(17)13-18/h2-15H,16H2,1H3,(H,30,31)/b9-8+. The first-order chi connectivity index (χ1) is 17.0. The van der Waals surface area contributed by atoms with Crippen molar-refractivity contribution < 1.29 is 24.2 Å². The minimum Gasteiger partial charge on any atom is -0.496 e. The SMILES string of the molecule is COc1cc(OCC(=O)O)c(/C=C/C(=O)c2ccc3ccsc3c2)cc1-c1cc2ccccc2s1. The number of hydrogen-bond acceptors (Lipinski definition) is 6. The van der Waals surface area contributed by atoms with Gasteiger partial charge in [0, 0.05) is 37.0 Å². The van der Waals surface area contributed by atoms with Crippen LogP contribution in [0.1, 0.15) is 15.9 Å². The van der Waals surface area contributed by atoms with E-state index < -0.39 is 12.6 Å². The normalized spacial score (nSPS) is 11.3. The first kappa shape index (κ1) is 22.8. The number of allylic oxidation sites excluding steroid dienone is 1. The molecule has 1 N–H and O–H groups in total. The number of fused-ring (bicyclic) bond motifs is 2. The van der Waals surface area contributed by atoms with Gasteiger partial charge in [0.25, 0.3) is 0 Å². The molecule has 0 aliphatic heterocycles. The maximum Gasteiger partial charge on any atom is 0.341 e. The zero-order valence-electron chi connectivity index (χ0n) is 18.7. The monoisotopic (exact) mass is 500 g/mol. The minimum absolute atomic E-state index is 0.149. The summed E-state index contributed by atoms with van der Waals surface area (Å²) in [6, 6.07) is 21.4. The molecule has 0 unspecified atom stereocenters. The summed E-state index contributed by atoms with van der Waals surface area (Å²) < 4.78 is 13.3. The van der Waals surface area contributed by atoms with Crippen LogP contribution in [0.2, 0.25) is 0 Å². The van der Waals surface area contributed by atoms with Gasteiger partial charge in [-0.05, 0) is 58.6 Å². The highest BCUT2D eigenvalue weighted by Gasteiger charge is 2.16. The zero-order valence-corrected chi connectivity index (χ0v) is 20.3. The number of benzene rings is 3. The van der Waals surface area contributed by atoms with Crippen LogP contribution in [0.25, 0.3) is 36.7 Å². The fourth-order valence-corrected chi connectivity index (χ4v) is 5.73. The van der Waals surface area contributed by atoms with Crippen LogP contribution >= 0.6 is 22.7 Å². The van der Waals surface area contributed by atoms with E-state index in [1.807, 2.05) is 41.8 Å². The lowest BCUT2D eigenvalue weighted by Gasteiger charge is -2.13. The molecule has 174 valence electrons. The fraction of sp³-hybridized carbons (Fsp3) is 0.0714. The van der Waals surface area contributed by atoms with Crippen LogP contribution in [0.15, 0.2) is 78.2 Å². The summed E-state index contributed by atoms with van der Waals surface area (Å²) in [5.41, 5.74) is 2.01. The average molecular weight is 501 g/mol. The van der Waals surface area contributed by atoms with Gasteiger partial charge in [-0.3, -0.25) is 4.79 Å². The summed E-state index contributed by atoms with van der Waals surface area (Å²) >= 11 is 3.22. The topological polar surface area (TPSA) is 72.8 Å². The molecule has 0 spiro atoms. The number of carboxylic acids is 1. The quantitative estimate of drug-likeness (QED) is 0.181. The van der Waals surface area contributed by atoms with Gasteiger partial charge in [-0.25, -0.2) is 4.79 Å². The Kier molecular flexibility index (Phi) is 6.35. The zero-order chi connectivity index (χ0) is 24.4. The molecule has 35 heavy (non-hydrogen) atoms. The van der Waals surface area contributed by atoms with E-state index >= 15 is 0 Å². The van der Waals surface area contributed by atoms with Gasteiger partial charge in [0.2, 0.25) is 0 Å². The molecule has 0 radical (unpaired) electrons. The predicted molar refractivity (Wildman–Crippen MR) is 142 cm³/mol. The van der Waals surface area contributed by atoms with Crippen LogP contribution in [0, 0.1) is 0 Å². The average Bonchev–Trinajstić information content (AvgIpc) is 3.52. The Labute approximate surface area is 209 Å². The molecule has 0 saturated heterocycles. The molecule has 5 aromatic rings. The predicted octanol–water partition coefficient (Wildman–Crippen LogP) is 7.15. The van der Waals surface area contributed by atoms with Gasteiger partial charge in [0.15, 0.2) is 12.4 Å². The van der Waals surface area contributed by atoms with Crippen molar-refractivity contribution in [2.75, 3.05) is 13.7 Å². The van der Waals surface area contributed by atoms with E-state index in [0.29, 0.717) is 22.6 Å². The van der Waals surface area contributed by atoms with Crippen LogP contribution in [0.4, 0.5) is 0 Å². The number of aliphatic carboxylic acids is 1. The molecule has 2 heterocycles. The van der Waals surface area contributed by atoms with Crippen LogP contribution in [-0.2, 0) is 4.79 Å². The molecule has 0 aliphatic rings. The van der Waals surface area contributed by atoms with Gasteiger partial charge >= 0.3 is 5.97 Å². The van der Waals surface area contributed by atoms with Crippen molar-refractivity contribution in [1.82, 2.24) is 0 Å². The lowest BCUT2D eigenvalue weighted by Crippen LogP contribution is -2.10. The number of rotatable bonds is 8. The lowest BCUT2D eigenvalue weighted by molar-refractivity contribution is -0.139. The number of ether oxygens (including phenoxy) is 2. The number of carbonyl (C=O) groups excluding carboxylic acids is 1. The summed E-state index contributed by atoms with van der Waals surface area (Å²) in [6.07, 6.45) is 3.15. The molecule has 0 amide bonds. The Bertz CT molecular complexity index is 1560. The highest BCUT2D eigenvalue weighted by molar-refractivity contribution is 7.22. The summed E-state index contributed by atoms with van der Waals surface area (Å²) in [4.78, 5) is 25.1. The van der Waals surface area contributed by atoms with Crippen LogP contribution < -0.4 is 9.47 Å². The number of methoxy groups -OCH3 is 1. The summed E-state index contributed by atoms with van der Waals surface area (Å²) in [5.74, 6) is -0.355. The van der Waals surface area contributed by atoms with E-state index in [-0.39, 0.29) is 5.78 Å². The Morgan fingerprint density at radius 2 is 1.80 bits per heavy atom. The highest BCUT2D eigenvalue weighted by Crippen LogP contribution is 2.42. The number of carboxylic acid groups (broad SMARTS) is 1. The minimum atomic E-state index is -1.09. The summed E-state index contributed by atoms with van der Waals surface area (Å²) in [5, 5.41) is 13.3. The Hall–Kier alpha value is -3.94. The van der Waals surface area contributed by atoms with Crippen LogP contribution in [0.3, 0.4) is 0 Å². The van der Waals surface area contributed by atoms with E-state index in [0.717, 1.165) is 30.6 Å². The smallest absolute Gasteiger partial charge is 0.341 e. The van der Waals surface area contributed by atoms with Gasteiger partial charge < -0.3 is 14.6 Å². The molecule has 5 nitrogen and oxygen atoms in total. The van der Waals surface area contributed by atoms with Gasteiger partial charge in [-0.15, -0.1) is 22.7 Å². The molecule has 0 atom stereocenters. The number of hydrogen-bond donors (Lipinski definition) is 1. The van der Waals surface area contributed by atoms with Crippen molar-refractivity contribution in [3.8, 4) is 21.9 Å². The van der Waals surface area contributed by atoms with Crippen molar-refractivity contribution in [2.24, 2.45) is 0 Å². The van der Waals surface area contributed by atoms with Gasteiger partial charge in [-0.2, -0.15) is 0 Å². The Morgan fingerprint density at radius 1 is 0.943 bits per heavy atom. The maximum atomic E-state index is 12.9. The van der Waals surface area contributed by atoms with E-state index in [4.69, 9.17) is 14.6 Å². The first-order valence-electron chi connectivity index (χ1n) is 10.8. The third-order valence-corrected chi connectivity index (χ3v) is 7.56. The molecular weight excluding hydrogens is 480 g/mol. The highest BCUT2D eigenvalue weighted by atomic mass is 32.1. The van der Waals surface area contributed by atoms with E-state index in [1.54, 1.807) is 48.0 Å². The van der Waals surface area contributed by atoms with Crippen molar-refractivity contribution >= 4 is 60.7 Å². The molecule has 7 heteroatoms. The molecular formula is C28H20O5S2. The number of carbonyl (C=O) groups is 2. The fourth-order valence-electron chi connectivity index (χ4n) is 3.82. The third-order valence-electron chi connectivity index (χ3n) is 5.53. The summed E-state index contributed by atoms with van der Waals surface area (Å²) in [6.45, 7) is -0.505. The van der Waals surface area contributed by atoms with Crippen molar-refractivity contribution in [2.45, 2.75) is 0 Å². The Morgan fingerprint density at radius 3 is 2.60 bits per heavy atom. The van der Waals surface area contributed by atoms with Crippen molar-refractivity contribution in [3.05, 3.63) is 89.3 Å². The van der Waals surface area contributed by atoms with Gasteiger partial charge in [-0.1, -0.05) is 30.3 Å². The summed E-state index contributed by atoms with van der Waals surface area (Å²) in [7, 11) is 1.56. The molecule has 5 rings (SSSR count). The second kappa shape index (κ2) is 9.74. The van der Waals surface area contributed by atoms with Gasteiger partial charge in [0.05, 0.1) is 7.11 Å².